The number of hydrogen-bond donors (Lipinski definition) is 5. The maximum atomic E-state index is 10.5. The van der Waals surface area contributed by atoms with Gasteiger partial charge in [-0.25, -0.2) is 9.78 Å². The molecule has 7 heteroatoms. The number of hydrogen-bond acceptors (Lipinski definition) is 3. The van der Waals surface area contributed by atoms with Crippen LogP contribution in [0.1, 0.15) is 37.6 Å². The van der Waals surface area contributed by atoms with E-state index in [1.807, 2.05) is 0 Å². The zero-order valence-electron chi connectivity index (χ0n) is 10.5. The summed E-state index contributed by atoms with van der Waals surface area (Å²) < 4.78 is 0. The lowest BCUT2D eigenvalue weighted by Gasteiger charge is -2.07. The summed E-state index contributed by atoms with van der Waals surface area (Å²) in [5.74, 6) is -0.120. The SMILES string of the molecule is CCCCCc1[nH]cnc1CNC(=N)NC(N)=O. The summed E-state index contributed by atoms with van der Waals surface area (Å²) in [6.45, 7) is 2.55. The van der Waals surface area contributed by atoms with E-state index in [9.17, 15) is 4.79 Å². The van der Waals surface area contributed by atoms with Crippen LogP contribution in [0.2, 0.25) is 0 Å². The van der Waals surface area contributed by atoms with Gasteiger partial charge in [-0.15, -0.1) is 0 Å². The molecular weight excluding hydrogens is 232 g/mol. The Bertz CT molecular complexity index is 400. The summed E-state index contributed by atoms with van der Waals surface area (Å²) in [5.41, 5.74) is 6.84. The van der Waals surface area contributed by atoms with Crippen LogP contribution < -0.4 is 16.4 Å². The molecule has 2 amide bonds. The fourth-order valence-electron chi connectivity index (χ4n) is 1.61. The summed E-state index contributed by atoms with van der Waals surface area (Å²) in [4.78, 5) is 17.8. The van der Waals surface area contributed by atoms with Crippen LogP contribution >= 0.6 is 0 Å². The van der Waals surface area contributed by atoms with E-state index in [1.165, 1.54) is 12.8 Å². The molecule has 0 spiro atoms. The Kier molecular flexibility index (Phi) is 5.69. The van der Waals surface area contributed by atoms with Gasteiger partial charge in [-0.2, -0.15) is 0 Å². The van der Waals surface area contributed by atoms with Crippen LogP contribution in [0, 0.1) is 5.41 Å². The maximum absolute atomic E-state index is 10.5. The minimum Gasteiger partial charge on any atom is -0.351 e. The molecule has 0 aliphatic carbocycles. The summed E-state index contributed by atoms with van der Waals surface area (Å²) in [6.07, 6.45) is 6.06. The van der Waals surface area contributed by atoms with Crippen molar-refractivity contribution >= 4 is 12.0 Å². The predicted molar refractivity (Wildman–Crippen MR) is 69.1 cm³/mol. The molecule has 0 bridgehead atoms. The fraction of sp³-hybridized carbons (Fsp3) is 0.545. The van der Waals surface area contributed by atoms with Crippen LogP contribution in [0.5, 0.6) is 0 Å². The highest BCUT2D eigenvalue weighted by molar-refractivity contribution is 5.93. The molecule has 100 valence electrons. The van der Waals surface area contributed by atoms with E-state index in [1.54, 1.807) is 6.33 Å². The van der Waals surface area contributed by atoms with Gasteiger partial charge in [0.05, 0.1) is 18.6 Å². The van der Waals surface area contributed by atoms with Crippen molar-refractivity contribution in [3.8, 4) is 0 Å². The second kappa shape index (κ2) is 7.31. The van der Waals surface area contributed by atoms with Crippen molar-refractivity contribution in [1.29, 1.82) is 5.41 Å². The summed E-state index contributed by atoms with van der Waals surface area (Å²) >= 11 is 0. The number of guanidine groups is 1. The second-order valence-electron chi connectivity index (χ2n) is 4.00. The highest BCUT2D eigenvalue weighted by Crippen LogP contribution is 2.08. The van der Waals surface area contributed by atoms with Crippen LogP contribution in [0.3, 0.4) is 0 Å². The second-order valence-corrected chi connectivity index (χ2v) is 4.00. The molecule has 0 saturated carbocycles. The zero-order valence-corrected chi connectivity index (χ0v) is 10.5. The molecule has 0 unspecified atom stereocenters. The van der Waals surface area contributed by atoms with Crippen molar-refractivity contribution in [3.05, 3.63) is 17.7 Å². The van der Waals surface area contributed by atoms with E-state index in [0.717, 1.165) is 24.2 Å². The van der Waals surface area contributed by atoms with E-state index in [4.69, 9.17) is 11.1 Å². The number of aryl methyl sites for hydroxylation is 1. The smallest absolute Gasteiger partial charge is 0.318 e. The molecule has 7 nitrogen and oxygen atoms in total. The predicted octanol–water partition coefficient (Wildman–Crippen LogP) is 0.835. The van der Waals surface area contributed by atoms with Crippen LogP contribution in [0.4, 0.5) is 4.79 Å². The van der Waals surface area contributed by atoms with E-state index in [2.05, 4.69) is 27.5 Å². The number of amides is 2. The first-order chi connectivity index (χ1) is 8.63. The third kappa shape index (κ3) is 4.86. The lowest BCUT2D eigenvalue weighted by molar-refractivity contribution is 0.252. The normalized spacial score (nSPS) is 10.1. The van der Waals surface area contributed by atoms with Crippen molar-refractivity contribution in [2.45, 2.75) is 39.2 Å². The van der Waals surface area contributed by atoms with Gasteiger partial charge in [0, 0.05) is 5.69 Å². The molecule has 6 N–H and O–H groups in total. The molecule has 1 heterocycles. The highest BCUT2D eigenvalue weighted by atomic mass is 16.2. The number of urea groups is 1. The minimum absolute atomic E-state index is 0.120. The van der Waals surface area contributed by atoms with Crippen LogP contribution in [0.15, 0.2) is 6.33 Å². The number of carbonyl (C=O) groups is 1. The quantitative estimate of drug-likeness (QED) is 0.293. The third-order valence-corrected chi connectivity index (χ3v) is 2.52. The fourth-order valence-corrected chi connectivity index (χ4v) is 1.61. The van der Waals surface area contributed by atoms with E-state index >= 15 is 0 Å². The lowest BCUT2D eigenvalue weighted by atomic mass is 10.1. The van der Waals surface area contributed by atoms with Crippen LogP contribution in [-0.4, -0.2) is 22.0 Å². The van der Waals surface area contributed by atoms with Gasteiger partial charge in [-0.05, 0) is 12.8 Å². The minimum atomic E-state index is -0.752. The first-order valence-electron chi connectivity index (χ1n) is 6.03. The molecular formula is C11H20N6O. The number of nitrogens with zero attached hydrogens (tertiary/aromatic N) is 1. The monoisotopic (exact) mass is 252 g/mol. The molecule has 0 aliphatic rings. The third-order valence-electron chi connectivity index (χ3n) is 2.52. The topological polar surface area (TPSA) is 120 Å². The standard InChI is InChI=1S/C11H20N6O/c1-2-3-4-5-8-9(16-7-15-8)6-14-10(12)17-11(13)18/h7H,2-6H2,1H3,(H,15,16)(H5,12,13,14,17,18). The van der Waals surface area contributed by atoms with Crippen molar-refractivity contribution < 1.29 is 4.79 Å². The molecule has 0 atom stereocenters. The van der Waals surface area contributed by atoms with Crippen LogP contribution in [0.25, 0.3) is 0 Å². The number of unbranched alkanes of at least 4 members (excludes halogenated alkanes) is 2. The number of rotatable bonds is 6. The van der Waals surface area contributed by atoms with Gasteiger partial charge in [0.25, 0.3) is 0 Å². The Morgan fingerprint density at radius 2 is 2.33 bits per heavy atom. The average molecular weight is 252 g/mol. The van der Waals surface area contributed by atoms with E-state index in [0.29, 0.717) is 6.54 Å². The van der Waals surface area contributed by atoms with Gasteiger partial charge in [0.2, 0.25) is 0 Å². The van der Waals surface area contributed by atoms with Gasteiger partial charge in [-0.1, -0.05) is 19.8 Å². The first kappa shape index (κ1) is 14.0. The Hall–Kier alpha value is -2.05. The summed E-state index contributed by atoms with van der Waals surface area (Å²) in [7, 11) is 0. The number of H-pyrrole nitrogens is 1. The molecule has 0 radical (unpaired) electrons. The van der Waals surface area contributed by atoms with Crippen molar-refractivity contribution in [1.82, 2.24) is 20.6 Å². The Balaban J connectivity index is 2.40. The Morgan fingerprint density at radius 1 is 1.56 bits per heavy atom. The van der Waals surface area contributed by atoms with Gasteiger partial charge < -0.3 is 16.0 Å². The van der Waals surface area contributed by atoms with Gasteiger partial charge in [0.15, 0.2) is 5.96 Å². The number of imidazole rings is 1. The molecule has 1 rings (SSSR count). The Labute approximate surface area is 106 Å². The zero-order chi connectivity index (χ0) is 13.4. The molecule has 0 fully saturated rings. The number of aromatic nitrogens is 2. The lowest BCUT2D eigenvalue weighted by Crippen LogP contribution is -2.42. The number of primary amides is 1. The molecule has 0 saturated heterocycles. The molecule has 1 aromatic rings. The van der Waals surface area contributed by atoms with Crippen LogP contribution in [-0.2, 0) is 13.0 Å². The van der Waals surface area contributed by atoms with Crippen molar-refractivity contribution in [3.63, 3.8) is 0 Å². The Morgan fingerprint density at radius 3 is 3.00 bits per heavy atom. The summed E-state index contributed by atoms with van der Waals surface area (Å²) in [6, 6.07) is -0.752. The summed E-state index contributed by atoms with van der Waals surface area (Å²) in [5, 5.41) is 12.3. The van der Waals surface area contributed by atoms with E-state index in [-0.39, 0.29) is 5.96 Å². The number of carbonyl (C=O) groups excluding carboxylic acids is 1. The molecule has 1 aromatic heterocycles. The van der Waals surface area contributed by atoms with Crippen molar-refractivity contribution in [2.24, 2.45) is 5.73 Å². The van der Waals surface area contributed by atoms with Crippen molar-refractivity contribution in [2.75, 3.05) is 0 Å². The molecule has 0 aromatic carbocycles. The van der Waals surface area contributed by atoms with Gasteiger partial charge >= 0.3 is 6.03 Å². The maximum Gasteiger partial charge on any atom is 0.318 e. The van der Waals surface area contributed by atoms with Gasteiger partial charge in [-0.3, -0.25) is 10.7 Å². The number of nitrogens with two attached hydrogens (primary N) is 1. The van der Waals surface area contributed by atoms with Gasteiger partial charge in [0.1, 0.15) is 0 Å². The molecule has 0 aliphatic heterocycles. The largest absolute Gasteiger partial charge is 0.351 e. The molecule has 18 heavy (non-hydrogen) atoms. The number of nitrogens with one attached hydrogen (secondary N) is 4. The van der Waals surface area contributed by atoms with E-state index < -0.39 is 6.03 Å². The average Bonchev–Trinajstić information content (AvgIpc) is 2.73. The number of aromatic amines is 1. The highest BCUT2D eigenvalue weighted by Gasteiger charge is 2.06. The first-order valence-corrected chi connectivity index (χ1v) is 6.03.